The van der Waals surface area contributed by atoms with Crippen LogP contribution in [0.5, 0.6) is 0 Å². The molecule has 11 nitrogen and oxygen atoms in total. The van der Waals surface area contributed by atoms with Crippen LogP contribution < -0.4 is 0 Å². The lowest BCUT2D eigenvalue weighted by Gasteiger charge is -1.94. The number of aliphatic hydroxyl groups is 2. The van der Waals surface area contributed by atoms with E-state index < -0.39 is 23.9 Å². The minimum Gasteiger partial charge on any atom is -0.478 e. The van der Waals surface area contributed by atoms with Crippen LogP contribution in [-0.4, -0.2) is 80.9 Å². The summed E-state index contributed by atoms with van der Waals surface area (Å²) in [6.07, 6.45) is 2.23. The first-order valence-electron chi connectivity index (χ1n) is 5.74. The van der Waals surface area contributed by atoms with Gasteiger partial charge in [-0.3, -0.25) is 0 Å². The number of hydrogen-bond acceptors (Lipinski definition) is 7. The zero-order chi connectivity index (χ0) is 18.7. The highest BCUT2D eigenvalue weighted by Crippen LogP contribution is 1.71. The fourth-order valence-electron chi connectivity index (χ4n) is 0.516. The molecule has 11 heteroatoms. The topological polar surface area (TPSA) is 199 Å². The van der Waals surface area contributed by atoms with Crippen LogP contribution in [0.1, 0.15) is 0 Å². The number of carboxylic acid groups (broad SMARTS) is 4. The SMILES string of the molecule is O=C(O)/C=C\C(=O)O.O=C(O)/C=C\C(=O)O.OCCOCCO. The van der Waals surface area contributed by atoms with Crippen molar-refractivity contribution >= 4 is 23.9 Å². The van der Waals surface area contributed by atoms with Crippen molar-refractivity contribution in [2.24, 2.45) is 0 Å². The summed E-state index contributed by atoms with van der Waals surface area (Å²) in [6, 6.07) is 0. The maximum atomic E-state index is 9.55. The number of carboxylic acids is 4. The Kier molecular flexibility index (Phi) is 21.1. The summed E-state index contributed by atoms with van der Waals surface area (Å²) in [5.74, 6) is -5.03. The molecule has 0 aliphatic carbocycles. The molecule has 0 aromatic rings. The predicted molar refractivity (Wildman–Crippen MR) is 73.8 cm³/mol. The molecule has 23 heavy (non-hydrogen) atoms. The first-order chi connectivity index (χ1) is 10.7. The van der Waals surface area contributed by atoms with E-state index in [2.05, 4.69) is 4.74 Å². The van der Waals surface area contributed by atoms with Crippen molar-refractivity contribution in [1.29, 1.82) is 0 Å². The van der Waals surface area contributed by atoms with Gasteiger partial charge in [0.2, 0.25) is 0 Å². The third-order valence-corrected chi connectivity index (χ3v) is 1.21. The molecule has 0 radical (unpaired) electrons. The molecule has 0 heterocycles. The van der Waals surface area contributed by atoms with Crippen molar-refractivity contribution in [1.82, 2.24) is 0 Å². The standard InChI is InChI=1S/2C4H4O4.C4H10O3/c2*5-3(6)1-2-4(7)8;5-1-3-7-4-2-6/h2*1-2H,(H,5,6)(H,7,8);5-6H,1-4H2/b2*2-1-;. The van der Waals surface area contributed by atoms with Gasteiger partial charge in [-0.05, 0) is 0 Å². The maximum Gasteiger partial charge on any atom is 0.328 e. The van der Waals surface area contributed by atoms with Crippen molar-refractivity contribution in [3.8, 4) is 0 Å². The molecule has 0 aromatic carbocycles. The van der Waals surface area contributed by atoms with E-state index in [-0.39, 0.29) is 13.2 Å². The smallest absolute Gasteiger partial charge is 0.328 e. The lowest BCUT2D eigenvalue weighted by Crippen LogP contribution is -2.03. The number of ether oxygens (including phenoxy) is 1. The highest BCUT2D eigenvalue weighted by atomic mass is 16.5. The molecule has 132 valence electrons. The van der Waals surface area contributed by atoms with Crippen molar-refractivity contribution in [3.05, 3.63) is 24.3 Å². The van der Waals surface area contributed by atoms with Crippen molar-refractivity contribution in [3.63, 3.8) is 0 Å². The summed E-state index contributed by atoms with van der Waals surface area (Å²) >= 11 is 0. The van der Waals surface area contributed by atoms with E-state index in [0.29, 0.717) is 37.5 Å². The Labute approximate surface area is 130 Å². The van der Waals surface area contributed by atoms with Gasteiger partial charge in [0.15, 0.2) is 0 Å². The van der Waals surface area contributed by atoms with Gasteiger partial charge in [-0.15, -0.1) is 0 Å². The lowest BCUT2D eigenvalue weighted by atomic mass is 10.5. The van der Waals surface area contributed by atoms with Crippen LogP contribution in [0.25, 0.3) is 0 Å². The summed E-state index contributed by atoms with van der Waals surface area (Å²) in [5.41, 5.74) is 0. The van der Waals surface area contributed by atoms with Crippen LogP contribution in [0.2, 0.25) is 0 Å². The zero-order valence-electron chi connectivity index (χ0n) is 11.9. The average Bonchev–Trinajstić information content (AvgIpc) is 2.45. The molecule has 0 saturated carbocycles. The van der Waals surface area contributed by atoms with E-state index >= 15 is 0 Å². The van der Waals surface area contributed by atoms with Gasteiger partial charge < -0.3 is 35.4 Å². The molecular weight excluding hydrogens is 320 g/mol. The molecule has 0 bridgehead atoms. The van der Waals surface area contributed by atoms with Crippen LogP contribution in [-0.2, 0) is 23.9 Å². The van der Waals surface area contributed by atoms with E-state index in [4.69, 9.17) is 30.6 Å². The number of hydrogen-bond donors (Lipinski definition) is 6. The van der Waals surface area contributed by atoms with Gasteiger partial charge >= 0.3 is 23.9 Å². The Balaban J connectivity index is -0.000000262. The first-order valence-corrected chi connectivity index (χ1v) is 5.74. The summed E-state index contributed by atoms with van der Waals surface area (Å²) in [5, 5.41) is 47.4. The van der Waals surface area contributed by atoms with Gasteiger partial charge in [0, 0.05) is 24.3 Å². The second-order valence-electron chi connectivity index (χ2n) is 3.08. The summed E-state index contributed by atoms with van der Waals surface area (Å²) in [4.78, 5) is 38.2. The largest absolute Gasteiger partial charge is 0.478 e. The van der Waals surface area contributed by atoms with Crippen LogP contribution in [0.3, 0.4) is 0 Å². The van der Waals surface area contributed by atoms with Gasteiger partial charge in [0.05, 0.1) is 26.4 Å². The minimum atomic E-state index is -1.26. The van der Waals surface area contributed by atoms with Crippen LogP contribution in [0.4, 0.5) is 0 Å². The number of aliphatic carboxylic acids is 4. The lowest BCUT2D eigenvalue weighted by molar-refractivity contribution is -0.134. The van der Waals surface area contributed by atoms with E-state index in [0.717, 1.165) is 0 Å². The molecule has 0 rings (SSSR count). The molecule has 0 saturated heterocycles. The predicted octanol–water partition coefficient (Wildman–Crippen LogP) is -1.59. The Morgan fingerprint density at radius 1 is 0.609 bits per heavy atom. The van der Waals surface area contributed by atoms with Crippen LogP contribution in [0, 0.1) is 0 Å². The molecule has 0 fully saturated rings. The van der Waals surface area contributed by atoms with Gasteiger partial charge in [-0.25, -0.2) is 19.2 Å². The molecule has 0 aliphatic rings. The highest BCUT2D eigenvalue weighted by molar-refractivity contribution is 5.90. The Morgan fingerprint density at radius 3 is 0.957 bits per heavy atom. The number of aliphatic hydroxyl groups excluding tert-OH is 2. The summed E-state index contributed by atoms with van der Waals surface area (Å²) in [7, 11) is 0. The Hall–Kier alpha value is -2.76. The maximum absolute atomic E-state index is 9.55. The fourth-order valence-corrected chi connectivity index (χ4v) is 0.516. The molecule has 6 N–H and O–H groups in total. The monoisotopic (exact) mass is 338 g/mol. The van der Waals surface area contributed by atoms with Crippen LogP contribution >= 0.6 is 0 Å². The van der Waals surface area contributed by atoms with E-state index in [9.17, 15) is 19.2 Å². The Morgan fingerprint density at radius 2 is 0.826 bits per heavy atom. The summed E-state index contributed by atoms with van der Waals surface area (Å²) < 4.78 is 4.63. The van der Waals surface area contributed by atoms with E-state index in [1.807, 2.05) is 0 Å². The van der Waals surface area contributed by atoms with Gasteiger partial charge in [-0.2, -0.15) is 0 Å². The Bertz CT molecular complexity index is 341. The minimum absolute atomic E-state index is 0.0278. The second kappa shape index (κ2) is 19.2. The summed E-state index contributed by atoms with van der Waals surface area (Å²) in [6.45, 7) is 0.696. The van der Waals surface area contributed by atoms with Crippen LogP contribution in [0.15, 0.2) is 24.3 Å². The van der Waals surface area contributed by atoms with Gasteiger partial charge in [0.25, 0.3) is 0 Å². The number of rotatable bonds is 8. The average molecular weight is 338 g/mol. The molecule has 0 aromatic heterocycles. The molecule has 0 atom stereocenters. The zero-order valence-corrected chi connectivity index (χ0v) is 11.9. The van der Waals surface area contributed by atoms with E-state index in [1.54, 1.807) is 0 Å². The van der Waals surface area contributed by atoms with Crippen molar-refractivity contribution in [2.75, 3.05) is 26.4 Å². The third kappa shape index (κ3) is 45.3. The molecule has 0 amide bonds. The second-order valence-corrected chi connectivity index (χ2v) is 3.08. The molecule has 0 unspecified atom stereocenters. The van der Waals surface area contributed by atoms with Gasteiger partial charge in [0.1, 0.15) is 0 Å². The van der Waals surface area contributed by atoms with Gasteiger partial charge in [-0.1, -0.05) is 0 Å². The molecule has 0 aliphatic heterocycles. The van der Waals surface area contributed by atoms with Crippen molar-refractivity contribution in [2.45, 2.75) is 0 Å². The van der Waals surface area contributed by atoms with E-state index in [1.165, 1.54) is 0 Å². The number of carbonyl (C=O) groups is 4. The molecular formula is C12H18O11. The quantitative estimate of drug-likeness (QED) is 0.220. The first kappa shape index (κ1) is 25.2. The van der Waals surface area contributed by atoms with Crippen molar-refractivity contribution < 1.29 is 54.6 Å². The third-order valence-electron chi connectivity index (χ3n) is 1.21. The molecule has 0 spiro atoms. The normalized spacial score (nSPS) is 9.48. The fraction of sp³-hybridized carbons (Fsp3) is 0.333. The highest BCUT2D eigenvalue weighted by Gasteiger charge is 1.88.